The molecule has 2 saturated heterocycles. The second-order valence-electron chi connectivity index (χ2n) is 10.6. The van der Waals surface area contributed by atoms with E-state index < -0.39 is 29.1 Å². The molecular weight excluding hydrogens is 511 g/mol. The molecule has 0 bridgehead atoms. The number of fused-ring (bicyclic) bond motifs is 1. The van der Waals surface area contributed by atoms with Gasteiger partial charge in [0.1, 0.15) is 5.82 Å². The van der Waals surface area contributed by atoms with Crippen molar-refractivity contribution < 1.29 is 27.6 Å². The number of hydrogen-bond acceptors (Lipinski definition) is 4. The van der Waals surface area contributed by atoms with E-state index >= 15 is 8.78 Å². The summed E-state index contributed by atoms with van der Waals surface area (Å²) in [7, 11) is 0. The van der Waals surface area contributed by atoms with Crippen LogP contribution >= 0.6 is 0 Å². The summed E-state index contributed by atoms with van der Waals surface area (Å²) in [5, 5.41) is 4.78. The quantitative estimate of drug-likeness (QED) is 0.363. The number of aryl methyl sites for hydroxylation is 1. The maximum atomic E-state index is 15.1. The lowest BCUT2D eigenvalue weighted by atomic mass is 9.96. The summed E-state index contributed by atoms with van der Waals surface area (Å²) in [5.41, 5.74) is -0.153. The number of anilines is 2. The molecule has 3 aliphatic rings. The first kappa shape index (κ1) is 27.0. The summed E-state index contributed by atoms with van der Waals surface area (Å²) in [6.45, 7) is 5.38. The van der Waals surface area contributed by atoms with Gasteiger partial charge in [-0.2, -0.15) is 0 Å². The molecule has 0 radical (unpaired) electrons. The zero-order valence-corrected chi connectivity index (χ0v) is 22.0. The molecular formula is C28H32F3N5O3. The molecule has 0 aliphatic carbocycles. The van der Waals surface area contributed by atoms with Gasteiger partial charge < -0.3 is 25.4 Å². The number of halogens is 3. The van der Waals surface area contributed by atoms with Gasteiger partial charge in [-0.25, -0.2) is 13.2 Å². The zero-order valence-electron chi connectivity index (χ0n) is 22.0. The highest BCUT2D eigenvalue weighted by Gasteiger charge is 2.39. The van der Waals surface area contributed by atoms with E-state index in [0.29, 0.717) is 25.5 Å². The fourth-order valence-corrected chi connectivity index (χ4v) is 6.03. The summed E-state index contributed by atoms with van der Waals surface area (Å²) in [6, 6.07) is 2.72. The van der Waals surface area contributed by atoms with Gasteiger partial charge in [0.05, 0.1) is 28.1 Å². The van der Waals surface area contributed by atoms with Crippen molar-refractivity contribution in [3.05, 3.63) is 46.0 Å². The predicted molar refractivity (Wildman–Crippen MR) is 142 cm³/mol. The third-order valence-electron chi connectivity index (χ3n) is 7.92. The number of nitrogens with one attached hydrogen (secondary N) is 3. The number of carbonyl (C=O) groups excluding carboxylic acids is 3. The van der Waals surface area contributed by atoms with Crippen LogP contribution in [0, 0.1) is 12.7 Å². The molecule has 0 unspecified atom stereocenters. The summed E-state index contributed by atoms with van der Waals surface area (Å²) in [4.78, 5) is 44.1. The number of H-pyrrole nitrogens is 1. The first-order valence-electron chi connectivity index (χ1n) is 13.3. The lowest BCUT2D eigenvalue weighted by Crippen LogP contribution is -2.48. The third-order valence-corrected chi connectivity index (χ3v) is 7.92. The smallest absolute Gasteiger partial charge is 0.273 e. The summed E-state index contributed by atoms with van der Waals surface area (Å²) >= 11 is 0. The van der Waals surface area contributed by atoms with Gasteiger partial charge in [-0.1, -0.05) is 6.42 Å². The number of amides is 3. The Bertz CT molecular complexity index is 1330. The Hall–Kier alpha value is -3.60. The van der Waals surface area contributed by atoms with E-state index in [1.54, 1.807) is 11.8 Å². The number of alkyl halides is 2. The Morgan fingerprint density at radius 2 is 1.82 bits per heavy atom. The average molecular weight is 544 g/mol. The number of aromatic nitrogens is 1. The molecule has 4 heterocycles. The van der Waals surface area contributed by atoms with Gasteiger partial charge in [-0.05, 0) is 63.9 Å². The second-order valence-corrected chi connectivity index (χ2v) is 10.6. The van der Waals surface area contributed by atoms with E-state index in [1.807, 2.05) is 0 Å². The van der Waals surface area contributed by atoms with Gasteiger partial charge >= 0.3 is 0 Å². The normalized spacial score (nSPS) is 19.8. The number of piperidine rings is 2. The Balaban J connectivity index is 1.45. The minimum absolute atomic E-state index is 0.0327. The van der Waals surface area contributed by atoms with Crippen LogP contribution in [-0.2, 0) is 15.5 Å². The van der Waals surface area contributed by atoms with E-state index in [0.717, 1.165) is 38.9 Å². The minimum Gasteiger partial charge on any atom is -0.358 e. The molecule has 2 aromatic rings. The number of carbonyl (C=O) groups is 3. The summed E-state index contributed by atoms with van der Waals surface area (Å²) in [6.07, 6.45) is 6.74. The van der Waals surface area contributed by atoms with Gasteiger partial charge in [0.2, 0.25) is 6.41 Å². The first-order valence-corrected chi connectivity index (χ1v) is 13.3. The largest absolute Gasteiger partial charge is 0.358 e. The highest BCUT2D eigenvalue weighted by Crippen LogP contribution is 2.40. The number of rotatable bonds is 6. The Morgan fingerprint density at radius 3 is 2.46 bits per heavy atom. The van der Waals surface area contributed by atoms with Crippen LogP contribution in [0.4, 0.5) is 24.5 Å². The molecule has 1 aromatic heterocycles. The van der Waals surface area contributed by atoms with Crippen molar-refractivity contribution in [1.29, 1.82) is 0 Å². The standard InChI is InChI=1S/C28H32F3N5O3/c1-16-24(27(39)36-10-6-17(7-11-36)35-8-4-3-5-9-35)25(28(2,30)31)23(33-16)13-19-18-12-20(29)22(32-15-37)14-21(18)34-26(19)38/h12-15,17,33H,3-11H2,1-2H3,(H,32,37)(H,34,38)/b19-13-. The van der Waals surface area contributed by atoms with Crippen LogP contribution < -0.4 is 10.6 Å². The van der Waals surface area contributed by atoms with Gasteiger partial charge in [0.25, 0.3) is 17.7 Å². The van der Waals surface area contributed by atoms with Crippen LogP contribution in [0.25, 0.3) is 11.6 Å². The number of hydrogen-bond donors (Lipinski definition) is 3. The van der Waals surface area contributed by atoms with Gasteiger partial charge in [-0.15, -0.1) is 0 Å². The van der Waals surface area contributed by atoms with Crippen molar-refractivity contribution in [1.82, 2.24) is 14.8 Å². The van der Waals surface area contributed by atoms with E-state index in [-0.39, 0.29) is 39.5 Å². The maximum Gasteiger partial charge on any atom is 0.273 e. The molecule has 2 fully saturated rings. The molecule has 5 rings (SSSR count). The van der Waals surface area contributed by atoms with Crippen LogP contribution in [0.3, 0.4) is 0 Å². The highest BCUT2D eigenvalue weighted by molar-refractivity contribution is 6.35. The number of nitrogens with zero attached hydrogens (tertiary/aromatic N) is 2. The van der Waals surface area contributed by atoms with Gasteiger partial charge in [-0.3, -0.25) is 14.4 Å². The van der Waals surface area contributed by atoms with E-state index in [4.69, 9.17) is 0 Å². The van der Waals surface area contributed by atoms with Crippen LogP contribution in [-0.4, -0.2) is 65.2 Å². The fraction of sp³-hybridized carbons (Fsp3) is 0.464. The Morgan fingerprint density at radius 1 is 1.13 bits per heavy atom. The van der Waals surface area contributed by atoms with Crippen molar-refractivity contribution in [2.45, 2.75) is 57.9 Å². The zero-order chi connectivity index (χ0) is 27.9. The Labute approximate surface area is 224 Å². The maximum absolute atomic E-state index is 15.1. The lowest BCUT2D eigenvalue weighted by molar-refractivity contribution is -0.110. The first-order chi connectivity index (χ1) is 18.6. The molecule has 11 heteroatoms. The fourth-order valence-electron chi connectivity index (χ4n) is 6.03. The second kappa shape index (κ2) is 10.5. The van der Waals surface area contributed by atoms with Crippen LogP contribution in [0.1, 0.15) is 71.9 Å². The monoisotopic (exact) mass is 543 g/mol. The van der Waals surface area contributed by atoms with Crippen molar-refractivity contribution in [2.24, 2.45) is 0 Å². The van der Waals surface area contributed by atoms with Crippen molar-refractivity contribution >= 4 is 41.2 Å². The molecule has 3 N–H and O–H groups in total. The summed E-state index contributed by atoms with van der Waals surface area (Å²) < 4.78 is 44.6. The number of aromatic amines is 1. The molecule has 39 heavy (non-hydrogen) atoms. The lowest BCUT2D eigenvalue weighted by Gasteiger charge is -2.40. The molecule has 3 aliphatic heterocycles. The molecule has 1 aromatic carbocycles. The van der Waals surface area contributed by atoms with Crippen LogP contribution in [0.5, 0.6) is 0 Å². The molecule has 0 atom stereocenters. The topological polar surface area (TPSA) is 97.5 Å². The highest BCUT2D eigenvalue weighted by atomic mass is 19.3. The van der Waals surface area contributed by atoms with E-state index in [1.165, 1.54) is 31.4 Å². The number of benzene rings is 1. The minimum atomic E-state index is -3.39. The van der Waals surface area contributed by atoms with Crippen molar-refractivity contribution in [2.75, 3.05) is 36.8 Å². The predicted octanol–water partition coefficient (Wildman–Crippen LogP) is 4.73. The third kappa shape index (κ3) is 5.19. The SMILES string of the molecule is Cc1[nH]c(/C=C2\C(=O)Nc3cc(NC=O)c(F)cc32)c(C(C)(F)F)c1C(=O)N1CCC(N2CCCCC2)CC1. The van der Waals surface area contributed by atoms with Gasteiger partial charge in [0.15, 0.2) is 0 Å². The van der Waals surface area contributed by atoms with Gasteiger partial charge in [0, 0.05) is 43.0 Å². The van der Waals surface area contributed by atoms with E-state index in [9.17, 15) is 18.8 Å². The molecule has 0 saturated carbocycles. The van der Waals surface area contributed by atoms with Crippen molar-refractivity contribution in [3.8, 4) is 0 Å². The number of likely N-dealkylation sites (tertiary alicyclic amines) is 2. The average Bonchev–Trinajstić information content (AvgIpc) is 3.40. The summed E-state index contributed by atoms with van der Waals surface area (Å²) in [5.74, 6) is -5.25. The van der Waals surface area contributed by atoms with Crippen LogP contribution in [0.2, 0.25) is 0 Å². The van der Waals surface area contributed by atoms with Crippen LogP contribution in [0.15, 0.2) is 12.1 Å². The molecule has 208 valence electrons. The Kier molecular flexibility index (Phi) is 7.28. The van der Waals surface area contributed by atoms with E-state index in [2.05, 4.69) is 20.5 Å². The van der Waals surface area contributed by atoms with Crippen molar-refractivity contribution in [3.63, 3.8) is 0 Å². The molecule has 0 spiro atoms. The molecule has 3 amide bonds. The molecule has 8 nitrogen and oxygen atoms in total.